The Labute approximate surface area is 175 Å². The van der Waals surface area contributed by atoms with Crippen molar-refractivity contribution in [3.8, 4) is 16.1 Å². The fourth-order valence-electron chi connectivity index (χ4n) is 3.29. The molecule has 9 heteroatoms. The fraction of sp³-hybridized carbons (Fsp3) is 0.143. The molecule has 2 aromatic carbocycles. The summed E-state index contributed by atoms with van der Waals surface area (Å²) in [5.41, 5.74) is 1.35. The molecule has 0 aliphatic rings. The van der Waals surface area contributed by atoms with Crippen molar-refractivity contribution in [1.29, 1.82) is 0 Å². The van der Waals surface area contributed by atoms with Crippen LogP contribution in [0.15, 0.2) is 65.7 Å². The highest BCUT2D eigenvalue weighted by atomic mass is 32.2. The summed E-state index contributed by atoms with van der Waals surface area (Å²) in [5.74, 6) is 0. The second-order valence-corrected chi connectivity index (χ2v) is 9.93. The number of fused-ring (bicyclic) bond motifs is 1. The van der Waals surface area contributed by atoms with Gasteiger partial charge in [-0.1, -0.05) is 0 Å². The Hall–Kier alpha value is -2.62. The molecule has 4 aromatic rings. The number of hydrogen-bond donors (Lipinski definition) is 1. The van der Waals surface area contributed by atoms with E-state index in [1.54, 1.807) is 28.0 Å². The van der Waals surface area contributed by atoms with Crippen LogP contribution in [0.25, 0.3) is 27.0 Å². The zero-order valence-corrected chi connectivity index (χ0v) is 17.6. The van der Waals surface area contributed by atoms with Gasteiger partial charge in [0.05, 0.1) is 16.0 Å². The third-order valence-electron chi connectivity index (χ3n) is 4.83. The van der Waals surface area contributed by atoms with Gasteiger partial charge in [-0.15, -0.1) is 11.3 Å². The lowest BCUT2D eigenvalue weighted by atomic mass is 10.1. The second-order valence-electron chi connectivity index (χ2n) is 6.75. The molecule has 0 atom stereocenters. The first kappa shape index (κ1) is 20.6. The lowest BCUT2D eigenvalue weighted by Crippen LogP contribution is -2.18. The number of halogens is 3. The molecule has 1 N–H and O–H groups in total. The van der Waals surface area contributed by atoms with Gasteiger partial charge in [0.1, 0.15) is 0 Å². The average Bonchev–Trinajstić information content (AvgIpc) is 3.30. The molecular weight excluding hydrogens is 433 g/mol. The van der Waals surface area contributed by atoms with E-state index in [9.17, 15) is 21.6 Å². The molecule has 0 aliphatic carbocycles. The number of alkyl halides is 3. The summed E-state index contributed by atoms with van der Waals surface area (Å²) < 4.78 is 67.4. The molecule has 0 fully saturated rings. The highest BCUT2D eigenvalue weighted by molar-refractivity contribution is 7.89. The first-order valence-corrected chi connectivity index (χ1v) is 11.2. The first-order valence-electron chi connectivity index (χ1n) is 8.93. The number of thiophene rings is 1. The van der Waals surface area contributed by atoms with Crippen LogP contribution in [-0.4, -0.2) is 20.0 Å². The molecule has 156 valence electrons. The molecule has 4 rings (SSSR count). The third kappa shape index (κ3) is 3.64. The predicted molar refractivity (Wildman–Crippen MR) is 113 cm³/mol. The van der Waals surface area contributed by atoms with Crippen molar-refractivity contribution in [2.24, 2.45) is 0 Å². The Kier molecular flexibility index (Phi) is 5.00. The highest BCUT2D eigenvalue weighted by Crippen LogP contribution is 2.38. The zero-order chi connectivity index (χ0) is 21.7. The van der Waals surface area contributed by atoms with Crippen LogP contribution in [-0.2, 0) is 16.2 Å². The van der Waals surface area contributed by atoms with E-state index in [0.29, 0.717) is 16.6 Å². The Balaban J connectivity index is 1.95. The minimum absolute atomic E-state index is 0.122. The SMILES string of the molecule is CNS(=O)(=O)c1ccc2c(c1)c(-c1ccc(C)s1)cn2-c1ccc(C(F)(F)F)cc1. The van der Waals surface area contributed by atoms with Gasteiger partial charge >= 0.3 is 6.18 Å². The topological polar surface area (TPSA) is 51.1 Å². The van der Waals surface area contributed by atoms with Crippen LogP contribution in [0.2, 0.25) is 0 Å². The normalized spacial score (nSPS) is 12.6. The van der Waals surface area contributed by atoms with E-state index < -0.39 is 21.8 Å². The largest absolute Gasteiger partial charge is 0.416 e. The molecule has 0 radical (unpaired) electrons. The number of rotatable bonds is 4. The van der Waals surface area contributed by atoms with Gasteiger partial charge in [-0.3, -0.25) is 0 Å². The van der Waals surface area contributed by atoms with E-state index >= 15 is 0 Å². The standard InChI is InChI=1S/C21H17F3N2O2S2/c1-13-3-10-20(29-13)18-12-26(15-6-4-14(5-7-15)21(22,23)24)19-9-8-16(11-17(18)19)30(27,28)25-2/h3-12,25H,1-2H3. The quantitative estimate of drug-likeness (QED) is 0.440. The minimum Gasteiger partial charge on any atom is -0.316 e. The maximum atomic E-state index is 12.9. The average molecular weight is 451 g/mol. The molecule has 30 heavy (non-hydrogen) atoms. The van der Waals surface area contributed by atoms with Crippen molar-refractivity contribution in [3.63, 3.8) is 0 Å². The lowest BCUT2D eigenvalue weighted by Gasteiger charge is -2.09. The maximum absolute atomic E-state index is 12.9. The molecule has 0 bridgehead atoms. The number of hydrogen-bond acceptors (Lipinski definition) is 3. The molecular formula is C21H17F3N2O2S2. The summed E-state index contributed by atoms with van der Waals surface area (Å²) >= 11 is 1.56. The van der Waals surface area contributed by atoms with Gasteiger partial charge < -0.3 is 4.57 Å². The molecule has 4 nitrogen and oxygen atoms in total. The third-order valence-corrected chi connectivity index (χ3v) is 7.28. The molecule has 0 spiro atoms. The van der Waals surface area contributed by atoms with E-state index in [-0.39, 0.29) is 4.90 Å². The fourth-order valence-corrected chi connectivity index (χ4v) is 4.94. The summed E-state index contributed by atoms with van der Waals surface area (Å²) in [6.45, 7) is 1.97. The molecule has 0 saturated carbocycles. The van der Waals surface area contributed by atoms with Crippen molar-refractivity contribution < 1.29 is 21.6 Å². The van der Waals surface area contributed by atoms with Crippen molar-refractivity contribution in [1.82, 2.24) is 9.29 Å². The van der Waals surface area contributed by atoms with E-state index in [4.69, 9.17) is 0 Å². The maximum Gasteiger partial charge on any atom is 0.416 e. The Morgan fingerprint density at radius 2 is 1.70 bits per heavy atom. The lowest BCUT2D eigenvalue weighted by molar-refractivity contribution is -0.137. The summed E-state index contributed by atoms with van der Waals surface area (Å²) in [6.07, 6.45) is -2.58. The van der Waals surface area contributed by atoms with E-state index in [2.05, 4.69) is 4.72 Å². The van der Waals surface area contributed by atoms with E-state index in [1.807, 2.05) is 25.3 Å². The summed E-state index contributed by atoms with van der Waals surface area (Å²) in [5, 5.41) is 0.702. The van der Waals surface area contributed by atoms with E-state index in [1.165, 1.54) is 25.2 Å². The van der Waals surface area contributed by atoms with E-state index in [0.717, 1.165) is 27.5 Å². The van der Waals surface area contributed by atoms with Crippen LogP contribution >= 0.6 is 11.3 Å². The number of nitrogens with one attached hydrogen (secondary N) is 1. The molecule has 0 saturated heterocycles. The van der Waals surface area contributed by atoms with Gasteiger partial charge in [0.2, 0.25) is 10.0 Å². The van der Waals surface area contributed by atoms with Crippen LogP contribution in [0, 0.1) is 6.92 Å². The summed E-state index contributed by atoms with van der Waals surface area (Å²) in [4.78, 5) is 2.17. The second kappa shape index (κ2) is 7.26. The van der Waals surface area contributed by atoms with Crippen molar-refractivity contribution in [3.05, 3.63) is 71.2 Å². The zero-order valence-electron chi connectivity index (χ0n) is 16.0. The Morgan fingerprint density at radius 1 is 1.00 bits per heavy atom. The number of aryl methyl sites for hydroxylation is 1. The molecule has 0 amide bonds. The van der Waals surface area contributed by atoms with Crippen LogP contribution < -0.4 is 4.72 Å². The number of nitrogens with zero attached hydrogens (tertiary/aromatic N) is 1. The minimum atomic E-state index is -4.41. The molecule has 0 unspecified atom stereocenters. The molecule has 0 aliphatic heterocycles. The molecule has 2 heterocycles. The smallest absolute Gasteiger partial charge is 0.316 e. The van der Waals surface area contributed by atoms with Crippen LogP contribution in [0.5, 0.6) is 0 Å². The Bertz CT molecular complexity index is 1340. The number of benzene rings is 2. The van der Waals surface area contributed by atoms with Crippen molar-refractivity contribution in [2.45, 2.75) is 18.0 Å². The van der Waals surface area contributed by atoms with Gasteiger partial charge in [-0.2, -0.15) is 13.2 Å². The molecule has 2 aromatic heterocycles. The van der Waals surface area contributed by atoms with Crippen molar-refractivity contribution in [2.75, 3.05) is 7.05 Å². The Morgan fingerprint density at radius 3 is 2.27 bits per heavy atom. The summed E-state index contributed by atoms with van der Waals surface area (Å²) in [7, 11) is -2.30. The first-order chi connectivity index (χ1) is 14.1. The van der Waals surface area contributed by atoms with Gasteiger partial charge in [-0.25, -0.2) is 13.1 Å². The number of aromatic nitrogens is 1. The monoisotopic (exact) mass is 450 g/mol. The summed E-state index contributed by atoms with van der Waals surface area (Å²) in [6, 6.07) is 13.5. The highest BCUT2D eigenvalue weighted by Gasteiger charge is 2.30. The van der Waals surface area contributed by atoms with Crippen LogP contribution in [0.4, 0.5) is 13.2 Å². The predicted octanol–water partition coefficient (Wildman–Crippen LogP) is 5.59. The van der Waals surface area contributed by atoms with Crippen LogP contribution in [0.3, 0.4) is 0 Å². The van der Waals surface area contributed by atoms with Gasteiger partial charge in [0.15, 0.2) is 0 Å². The van der Waals surface area contributed by atoms with Gasteiger partial charge in [0.25, 0.3) is 0 Å². The van der Waals surface area contributed by atoms with Gasteiger partial charge in [-0.05, 0) is 68.6 Å². The van der Waals surface area contributed by atoms with Crippen molar-refractivity contribution >= 4 is 32.3 Å². The van der Waals surface area contributed by atoms with Crippen LogP contribution in [0.1, 0.15) is 10.4 Å². The number of sulfonamides is 1. The van der Waals surface area contributed by atoms with Gasteiger partial charge in [0, 0.05) is 32.6 Å².